The highest BCUT2D eigenvalue weighted by Crippen LogP contribution is 2.31. The van der Waals surface area contributed by atoms with Crippen LogP contribution in [0.1, 0.15) is 41.4 Å². The Morgan fingerprint density at radius 3 is 3.25 bits per heavy atom. The average Bonchev–Trinajstić information content (AvgIpc) is 2.96. The number of aromatic nitrogens is 1. The van der Waals surface area contributed by atoms with Gasteiger partial charge in [-0.15, -0.1) is 11.3 Å². The minimum atomic E-state index is 0.547. The van der Waals surface area contributed by atoms with Gasteiger partial charge in [-0.05, 0) is 25.9 Å². The van der Waals surface area contributed by atoms with Crippen LogP contribution >= 0.6 is 11.3 Å². The summed E-state index contributed by atoms with van der Waals surface area (Å²) in [6.45, 7) is 6.87. The van der Waals surface area contributed by atoms with Crippen molar-refractivity contribution in [2.75, 3.05) is 19.6 Å². The number of rotatable bonds is 2. The molecule has 1 atom stereocenters. The van der Waals surface area contributed by atoms with Crippen molar-refractivity contribution in [3.8, 4) is 0 Å². The third kappa shape index (κ3) is 1.90. The third-order valence-electron chi connectivity index (χ3n) is 3.63. The molecule has 0 radical (unpaired) electrons. The van der Waals surface area contributed by atoms with E-state index in [1.165, 1.54) is 35.0 Å². The van der Waals surface area contributed by atoms with Gasteiger partial charge >= 0.3 is 0 Å². The van der Waals surface area contributed by atoms with Crippen molar-refractivity contribution in [3.05, 3.63) is 15.6 Å². The number of fused-ring (bicyclic) bond motifs is 1. The smallest absolute Gasteiger partial charge is 0.110 e. The van der Waals surface area contributed by atoms with Crippen molar-refractivity contribution >= 4 is 11.3 Å². The Morgan fingerprint density at radius 2 is 2.50 bits per heavy atom. The summed E-state index contributed by atoms with van der Waals surface area (Å²) >= 11 is 1.94. The molecule has 3 nitrogen and oxygen atoms in total. The summed E-state index contributed by atoms with van der Waals surface area (Å²) in [4.78, 5) is 8.85. The number of thiazole rings is 1. The van der Waals surface area contributed by atoms with Crippen LogP contribution in [0.4, 0.5) is 0 Å². The van der Waals surface area contributed by atoms with Crippen molar-refractivity contribution in [1.29, 1.82) is 0 Å². The van der Waals surface area contributed by atoms with Crippen LogP contribution in [0.2, 0.25) is 0 Å². The van der Waals surface area contributed by atoms with Gasteiger partial charge in [0, 0.05) is 24.4 Å². The Balaban J connectivity index is 1.80. The molecule has 3 rings (SSSR count). The fourth-order valence-electron chi connectivity index (χ4n) is 2.58. The van der Waals surface area contributed by atoms with Gasteiger partial charge in [0.05, 0.1) is 11.7 Å². The van der Waals surface area contributed by atoms with Gasteiger partial charge in [-0.2, -0.15) is 0 Å². The highest BCUT2D eigenvalue weighted by Gasteiger charge is 2.24. The molecule has 0 aliphatic carbocycles. The Labute approximate surface area is 101 Å². The molecule has 1 aromatic heterocycles. The molecule has 3 heterocycles. The van der Waals surface area contributed by atoms with E-state index in [0.29, 0.717) is 6.04 Å². The van der Waals surface area contributed by atoms with E-state index in [9.17, 15) is 0 Å². The lowest BCUT2D eigenvalue weighted by molar-refractivity contribution is 0.269. The van der Waals surface area contributed by atoms with Crippen molar-refractivity contribution in [3.63, 3.8) is 0 Å². The van der Waals surface area contributed by atoms with Crippen LogP contribution in [0.25, 0.3) is 0 Å². The lowest BCUT2D eigenvalue weighted by atomic mass is 10.2. The maximum absolute atomic E-state index is 4.83. The summed E-state index contributed by atoms with van der Waals surface area (Å²) in [5, 5.41) is 4.88. The molecular formula is C12H19N3S. The average molecular weight is 237 g/mol. The molecule has 1 fully saturated rings. The Morgan fingerprint density at radius 1 is 1.56 bits per heavy atom. The monoisotopic (exact) mass is 237 g/mol. The second-order valence-corrected chi connectivity index (χ2v) is 5.80. The fraction of sp³-hybridized carbons (Fsp3) is 0.750. The second kappa shape index (κ2) is 4.43. The topological polar surface area (TPSA) is 28.2 Å². The second-order valence-electron chi connectivity index (χ2n) is 4.69. The van der Waals surface area contributed by atoms with Gasteiger partial charge in [0.25, 0.3) is 0 Å². The third-order valence-corrected chi connectivity index (χ3v) is 4.83. The molecule has 0 spiro atoms. The number of nitrogens with zero attached hydrogens (tertiary/aromatic N) is 2. The van der Waals surface area contributed by atoms with Gasteiger partial charge in [0.2, 0.25) is 0 Å². The van der Waals surface area contributed by atoms with E-state index in [0.717, 1.165) is 26.1 Å². The maximum atomic E-state index is 4.83. The van der Waals surface area contributed by atoms with Crippen LogP contribution in [0, 0.1) is 0 Å². The zero-order valence-electron chi connectivity index (χ0n) is 9.83. The highest BCUT2D eigenvalue weighted by atomic mass is 32.1. The first-order chi connectivity index (χ1) is 7.86. The quantitative estimate of drug-likeness (QED) is 0.852. The lowest BCUT2D eigenvalue weighted by Gasteiger charge is -2.23. The first kappa shape index (κ1) is 10.7. The normalized spacial score (nSPS) is 25.9. The van der Waals surface area contributed by atoms with E-state index in [-0.39, 0.29) is 0 Å². The standard InChI is InChI=1S/C12H19N3S/c1-2-15-7-5-9-11(8-15)16-12(14-9)10-4-3-6-13-10/h10,13H,2-8H2,1H3. The van der Waals surface area contributed by atoms with Gasteiger partial charge in [0.15, 0.2) is 0 Å². The first-order valence-corrected chi connectivity index (χ1v) is 7.12. The molecule has 1 saturated heterocycles. The van der Waals surface area contributed by atoms with Gasteiger partial charge < -0.3 is 5.32 Å². The van der Waals surface area contributed by atoms with Crippen molar-refractivity contribution in [1.82, 2.24) is 15.2 Å². The van der Waals surface area contributed by atoms with E-state index in [2.05, 4.69) is 17.1 Å². The summed E-state index contributed by atoms with van der Waals surface area (Å²) in [6.07, 6.45) is 3.71. The summed E-state index contributed by atoms with van der Waals surface area (Å²) in [6, 6.07) is 0.547. The highest BCUT2D eigenvalue weighted by molar-refractivity contribution is 7.11. The summed E-state index contributed by atoms with van der Waals surface area (Å²) in [5.41, 5.74) is 1.37. The Hall–Kier alpha value is -0.450. The van der Waals surface area contributed by atoms with Crippen molar-refractivity contribution in [2.24, 2.45) is 0 Å². The summed E-state index contributed by atoms with van der Waals surface area (Å²) in [5.74, 6) is 0. The molecule has 1 N–H and O–H groups in total. The fourth-order valence-corrected chi connectivity index (χ4v) is 3.85. The minimum absolute atomic E-state index is 0.547. The number of nitrogens with one attached hydrogen (secondary N) is 1. The maximum Gasteiger partial charge on any atom is 0.110 e. The van der Waals surface area contributed by atoms with Crippen LogP contribution < -0.4 is 5.32 Å². The van der Waals surface area contributed by atoms with Gasteiger partial charge in [0.1, 0.15) is 5.01 Å². The van der Waals surface area contributed by atoms with Crippen molar-refractivity contribution in [2.45, 2.75) is 38.8 Å². The first-order valence-electron chi connectivity index (χ1n) is 6.31. The van der Waals surface area contributed by atoms with Crippen LogP contribution in [-0.2, 0) is 13.0 Å². The molecule has 16 heavy (non-hydrogen) atoms. The molecule has 2 aliphatic heterocycles. The lowest BCUT2D eigenvalue weighted by Crippen LogP contribution is -2.29. The molecular weight excluding hydrogens is 218 g/mol. The molecule has 0 aromatic carbocycles. The molecule has 4 heteroatoms. The van der Waals surface area contributed by atoms with Gasteiger partial charge in [-0.3, -0.25) is 4.90 Å². The molecule has 1 aromatic rings. The van der Waals surface area contributed by atoms with E-state index in [4.69, 9.17) is 4.98 Å². The van der Waals surface area contributed by atoms with E-state index < -0.39 is 0 Å². The van der Waals surface area contributed by atoms with E-state index in [1.807, 2.05) is 11.3 Å². The number of hydrogen-bond acceptors (Lipinski definition) is 4. The predicted octanol–water partition coefficient (Wildman–Crippen LogP) is 1.95. The van der Waals surface area contributed by atoms with Crippen LogP contribution in [0.5, 0.6) is 0 Å². The number of hydrogen-bond donors (Lipinski definition) is 1. The minimum Gasteiger partial charge on any atom is -0.308 e. The SMILES string of the molecule is CCN1CCc2nc(C3CCCN3)sc2C1. The predicted molar refractivity (Wildman–Crippen MR) is 66.7 cm³/mol. The largest absolute Gasteiger partial charge is 0.308 e. The Kier molecular flexibility index (Phi) is 2.96. The van der Waals surface area contributed by atoms with Gasteiger partial charge in [-0.1, -0.05) is 6.92 Å². The van der Waals surface area contributed by atoms with E-state index >= 15 is 0 Å². The Bertz CT molecular complexity index is 368. The number of likely N-dealkylation sites (N-methyl/N-ethyl adjacent to an activating group) is 1. The molecule has 0 saturated carbocycles. The molecule has 2 aliphatic rings. The van der Waals surface area contributed by atoms with E-state index in [1.54, 1.807) is 0 Å². The zero-order chi connectivity index (χ0) is 11.0. The summed E-state index contributed by atoms with van der Waals surface area (Å²) in [7, 11) is 0. The summed E-state index contributed by atoms with van der Waals surface area (Å²) < 4.78 is 0. The van der Waals surface area contributed by atoms with Crippen LogP contribution in [0.3, 0.4) is 0 Å². The molecule has 88 valence electrons. The van der Waals surface area contributed by atoms with Gasteiger partial charge in [-0.25, -0.2) is 4.98 Å². The zero-order valence-corrected chi connectivity index (χ0v) is 10.6. The molecule has 0 amide bonds. The molecule has 1 unspecified atom stereocenters. The van der Waals surface area contributed by atoms with Crippen molar-refractivity contribution < 1.29 is 0 Å². The van der Waals surface area contributed by atoms with Crippen LogP contribution in [-0.4, -0.2) is 29.5 Å². The molecule has 0 bridgehead atoms. The van der Waals surface area contributed by atoms with Crippen LogP contribution in [0.15, 0.2) is 0 Å².